The fraction of sp³-hybridized carbons (Fsp3) is 1.00. The van der Waals surface area contributed by atoms with Gasteiger partial charge in [-0.15, -0.1) is 0 Å². The third-order valence-electron chi connectivity index (χ3n) is 3.14. The molecule has 3 fully saturated rings. The lowest BCUT2D eigenvalue weighted by atomic mass is 10.2. The van der Waals surface area contributed by atoms with Crippen LogP contribution < -0.4 is 0 Å². The summed E-state index contributed by atoms with van der Waals surface area (Å²) in [4.78, 5) is 0. The maximum atomic E-state index is 2.28. The van der Waals surface area contributed by atoms with E-state index in [0.29, 0.717) is 4.75 Å². The van der Waals surface area contributed by atoms with Gasteiger partial charge in [-0.05, 0) is 0 Å². The third-order valence-corrected chi connectivity index (χ3v) is 11.8. The molecular weight excluding hydrogens is 337 g/mol. The van der Waals surface area contributed by atoms with Crippen LogP contribution >= 0.6 is 70.6 Å². The first-order valence-corrected chi connectivity index (χ1v) is 13.0. The molecule has 3 heterocycles. The lowest BCUT2D eigenvalue weighted by Crippen LogP contribution is -2.38. The molecule has 0 nitrogen and oxygen atoms in total. The predicted octanol–water partition coefficient (Wildman–Crippen LogP) is 3.90. The summed E-state index contributed by atoms with van der Waals surface area (Å²) < 4.78 is 0.595. The van der Waals surface area contributed by atoms with Crippen LogP contribution in [0, 0.1) is 0 Å². The average molecular weight is 357 g/mol. The first-order chi connectivity index (χ1) is 8.86. The van der Waals surface area contributed by atoms with Crippen molar-refractivity contribution in [3.05, 3.63) is 0 Å². The zero-order valence-corrected chi connectivity index (χ0v) is 15.4. The van der Waals surface area contributed by atoms with Gasteiger partial charge in [-0.1, -0.05) is 0 Å². The van der Waals surface area contributed by atoms with Crippen molar-refractivity contribution in [1.82, 2.24) is 0 Å². The zero-order valence-electron chi connectivity index (χ0n) is 10.5. The Morgan fingerprint density at radius 1 is 0.944 bits per heavy atom. The SMILES string of the molecule is C1CSC(CSCC2CS2)(CSCC2CS2)CS1. The van der Waals surface area contributed by atoms with Crippen LogP contribution in [0.1, 0.15) is 0 Å². The van der Waals surface area contributed by atoms with Crippen LogP contribution in [0.4, 0.5) is 0 Å². The van der Waals surface area contributed by atoms with Gasteiger partial charge in [0.05, 0.1) is 0 Å². The quantitative estimate of drug-likeness (QED) is 0.601. The predicted molar refractivity (Wildman–Crippen MR) is 99.7 cm³/mol. The molecule has 6 heteroatoms. The van der Waals surface area contributed by atoms with Crippen LogP contribution in [0.3, 0.4) is 0 Å². The molecule has 0 aliphatic carbocycles. The lowest BCUT2D eigenvalue weighted by Gasteiger charge is -2.36. The fourth-order valence-electron chi connectivity index (χ4n) is 1.91. The van der Waals surface area contributed by atoms with Gasteiger partial charge in [-0.25, -0.2) is 0 Å². The van der Waals surface area contributed by atoms with Gasteiger partial charge >= 0.3 is 0 Å². The average Bonchev–Trinajstić information content (AvgIpc) is 3.25. The van der Waals surface area contributed by atoms with Gasteiger partial charge in [-0.2, -0.15) is 70.6 Å². The van der Waals surface area contributed by atoms with Crippen molar-refractivity contribution < 1.29 is 0 Å². The van der Waals surface area contributed by atoms with Gasteiger partial charge in [0.1, 0.15) is 0 Å². The van der Waals surface area contributed by atoms with Gasteiger partial charge in [0, 0.05) is 67.0 Å². The van der Waals surface area contributed by atoms with E-state index in [2.05, 4.69) is 70.6 Å². The standard InChI is InChI=1S/C12H20S6/c1-2-18-12(7-13-1,8-14-3-10-5-16-10)9-15-4-11-6-17-11/h10-11H,1-9H2. The summed E-state index contributed by atoms with van der Waals surface area (Å²) in [5.74, 6) is 12.6. The van der Waals surface area contributed by atoms with Gasteiger partial charge in [0.2, 0.25) is 0 Å². The Morgan fingerprint density at radius 2 is 1.56 bits per heavy atom. The first kappa shape index (κ1) is 15.0. The zero-order chi connectivity index (χ0) is 12.3. The highest BCUT2D eigenvalue weighted by Gasteiger charge is 2.35. The minimum Gasteiger partial charge on any atom is -0.160 e. The molecule has 0 amide bonds. The molecule has 104 valence electrons. The molecule has 0 bridgehead atoms. The summed E-state index contributed by atoms with van der Waals surface area (Å²) in [6, 6.07) is 0. The van der Waals surface area contributed by atoms with Crippen LogP contribution in [0.5, 0.6) is 0 Å². The van der Waals surface area contributed by atoms with Crippen LogP contribution in [0.2, 0.25) is 0 Å². The maximum Gasteiger partial charge on any atom is 0.0431 e. The van der Waals surface area contributed by atoms with Gasteiger partial charge < -0.3 is 0 Å². The summed E-state index contributed by atoms with van der Waals surface area (Å²) in [5, 5.41) is 2.01. The highest BCUT2D eigenvalue weighted by atomic mass is 32.2. The van der Waals surface area contributed by atoms with Crippen LogP contribution in [-0.4, -0.2) is 67.0 Å². The second-order valence-electron chi connectivity index (χ2n) is 5.03. The Balaban J connectivity index is 1.41. The maximum absolute atomic E-state index is 2.28. The molecule has 0 aromatic carbocycles. The van der Waals surface area contributed by atoms with Crippen LogP contribution in [-0.2, 0) is 0 Å². The summed E-state index contributed by atoms with van der Waals surface area (Å²) in [5.41, 5.74) is 0. The first-order valence-electron chi connectivity index (χ1n) is 6.47. The highest BCUT2D eigenvalue weighted by Crippen LogP contribution is 2.43. The summed E-state index contributed by atoms with van der Waals surface area (Å²) in [7, 11) is 0. The van der Waals surface area contributed by atoms with Crippen molar-refractivity contribution in [2.75, 3.05) is 51.8 Å². The lowest BCUT2D eigenvalue weighted by molar-refractivity contribution is 0.838. The summed E-state index contributed by atoms with van der Waals surface area (Å²) in [6.45, 7) is 0. The molecule has 0 aromatic rings. The molecule has 2 unspecified atom stereocenters. The topological polar surface area (TPSA) is 0 Å². The Bertz CT molecular complexity index is 237. The molecule has 0 saturated carbocycles. The van der Waals surface area contributed by atoms with Gasteiger partial charge in [0.25, 0.3) is 0 Å². The summed E-state index contributed by atoms with van der Waals surface area (Å²) >= 11 is 13.2. The molecule has 2 atom stereocenters. The molecule has 0 aromatic heterocycles. The van der Waals surface area contributed by atoms with Crippen LogP contribution in [0.15, 0.2) is 0 Å². The molecule has 0 radical (unpaired) electrons. The van der Waals surface area contributed by atoms with Crippen molar-refractivity contribution in [3.8, 4) is 0 Å². The minimum atomic E-state index is 0.595. The minimum absolute atomic E-state index is 0.595. The summed E-state index contributed by atoms with van der Waals surface area (Å²) in [6.07, 6.45) is 0. The number of hydrogen-bond acceptors (Lipinski definition) is 6. The number of hydrogen-bond donors (Lipinski definition) is 0. The second-order valence-corrected chi connectivity index (χ2v) is 12.4. The van der Waals surface area contributed by atoms with E-state index in [1.165, 1.54) is 51.8 Å². The second kappa shape index (κ2) is 7.39. The molecule has 3 rings (SSSR count). The normalized spacial score (nSPS) is 38.7. The molecular formula is C12H20S6. The van der Waals surface area contributed by atoms with Crippen molar-refractivity contribution in [3.63, 3.8) is 0 Å². The van der Waals surface area contributed by atoms with Crippen molar-refractivity contribution >= 4 is 70.6 Å². The van der Waals surface area contributed by atoms with E-state index in [-0.39, 0.29) is 0 Å². The third kappa shape index (κ3) is 5.14. The van der Waals surface area contributed by atoms with E-state index >= 15 is 0 Å². The molecule has 0 N–H and O–H groups in total. The highest BCUT2D eigenvalue weighted by molar-refractivity contribution is 8.11. The van der Waals surface area contributed by atoms with E-state index in [4.69, 9.17) is 0 Å². The van der Waals surface area contributed by atoms with Crippen molar-refractivity contribution in [2.45, 2.75) is 15.2 Å². The van der Waals surface area contributed by atoms with Crippen LogP contribution in [0.25, 0.3) is 0 Å². The molecule has 0 spiro atoms. The Kier molecular flexibility index (Phi) is 6.16. The smallest absolute Gasteiger partial charge is 0.0431 e. The Labute approximate surface area is 136 Å². The fourth-order valence-corrected chi connectivity index (χ4v) is 10.3. The monoisotopic (exact) mass is 356 g/mol. The van der Waals surface area contributed by atoms with E-state index in [9.17, 15) is 0 Å². The van der Waals surface area contributed by atoms with Gasteiger partial charge in [-0.3, -0.25) is 0 Å². The van der Waals surface area contributed by atoms with E-state index in [0.717, 1.165) is 10.5 Å². The number of rotatable bonds is 8. The van der Waals surface area contributed by atoms with E-state index in [1.807, 2.05) is 0 Å². The van der Waals surface area contributed by atoms with Crippen molar-refractivity contribution in [1.29, 1.82) is 0 Å². The van der Waals surface area contributed by atoms with E-state index in [1.54, 1.807) is 0 Å². The number of thioether (sulfide) groups is 6. The molecule has 3 saturated heterocycles. The molecule has 18 heavy (non-hydrogen) atoms. The van der Waals surface area contributed by atoms with Gasteiger partial charge in [0.15, 0.2) is 0 Å². The van der Waals surface area contributed by atoms with Crippen molar-refractivity contribution in [2.24, 2.45) is 0 Å². The molecule has 3 aliphatic rings. The largest absolute Gasteiger partial charge is 0.160 e. The molecule has 3 aliphatic heterocycles. The van der Waals surface area contributed by atoms with E-state index < -0.39 is 0 Å². The Hall–Kier alpha value is 2.10. The Morgan fingerprint density at radius 3 is 2.00 bits per heavy atom.